The van der Waals surface area contributed by atoms with Crippen molar-refractivity contribution in [1.82, 2.24) is 9.88 Å². The molecule has 3 aromatic rings. The van der Waals surface area contributed by atoms with E-state index in [1.807, 2.05) is 24.3 Å². The van der Waals surface area contributed by atoms with Gasteiger partial charge in [0.2, 0.25) is 0 Å². The number of amides is 1. The van der Waals surface area contributed by atoms with Crippen LogP contribution in [0.4, 0.5) is 5.69 Å². The number of carbonyl (C=O) groups excluding carboxylic acids is 1. The number of H-pyrrole nitrogens is 1. The van der Waals surface area contributed by atoms with Crippen LogP contribution in [0.25, 0.3) is 22.6 Å². The van der Waals surface area contributed by atoms with Gasteiger partial charge in [-0.05, 0) is 80.5 Å². The number of benzene rings is 2. The molecule has 1 aliphatic rings. The van der Waals surface area contributed by atoms with E-state index in [1.54, 1.807) is 6.07 Å². The molecule has 0 aliphatic carbocycles. The summed E-state index contributed by atoms with van der Waals surface area (Å²) in [5.74, 6) is -0.230. The van der Waals surface area contributed by atoms with Crippen molar-refractivity contribution in [3.63, 3.8) is 0 Å². The summed E-state index contributed by atoms with van der Waals surface area (Å²) < 4.78 is 22.7. The van der Waals surface area contributed by atoms with E-state index in [4.69, 9.17) is 0 Å². The summed E-state index contributed by atoms with van der Waals surface area (Å²) in [4.78, 5) is 18.3. The van der Waals surface area contributed by atoms with Gasteiger partial charge in [0.15, 0.2) is 0 Å². The van der Waals surface area contributed by atoms with Crippen molar-refractivity contribution in [3.8, 4) is 0 Å². The Hall–Kier alpha value is -2.74. The molecule has 1 unspecified atom stereocenters. The van der Waals surface area contributed by atoms with Crippen LogP contribution in [-0.4, -0.2) is 45.2 Å². The summed E-state index contributed by atoms with van der Waals surface area (Å²) in [5, 5.41) is 3.96. The van der Waals surface area contributed by atoms with E-state index in [0.717, 1.165) is 36.0 Å². The lowest BCUT2D eigenvalue weighted by atomic mass is 10.0. The summed E-state index contributed by atoms with van der Waals surface area (Å²) in [5.41, 5.74) is 4.77. The maximum absolute atomic E-state index is 12.6. The summed E-state index contributed by atoms with van der Waals surface area (Å²) >= 11 is -2.35. The van der Waals surface area contributed by atoms with Crippen LogP contribution in [-0.2, 0) is 22.3 Å². The first-order valence-electron chi connectivity index (χ1n) is 9.45. The number of nitrogens with one attached hydrogen (secondary N) is 2. The van der Waals surface area contributed by atoms with Gasteiger partial charge >= 0.3 is 0 Å². The number of fused-ring (bicyclic) bond motifs is 2. The maximum atomic E-state index is 12.6. The minimum Gasteiger partial charge on any atom is -0.768 e. The number of aromatic amines is 1. The van der Waals surface area contributed by atoms with Gasteiger partial charge in [-0.25, -0.2) is 0 Å². The number of nitrogens with zero attached hydrogens (tertiary/aromatic N) is 1. The predicted molar refractivity (Wildman–Crippen MR) is 115 cm³/mol. The normalized spacial score (nSPS) is 15.9. The molecular formula is C22H22N3O3S-. The van der Waals surface area contributed by atoms with Crippen molar-refractivity contribution < 1.29 is 13.6 Å². The Morgan fingerprint density at radius 3 is 2.72 bits per heavy atom. The van der Waals surface area contributed by atoms with E-state index in [1.165, 1.54) is 17.7 Å². The second kappa shape index (κ2) is 7.94. The summed E-state index contributed by atoms with van der Waals surface area (Å²) in [6, 6.07) is 12.7. The van der Waals surface area contributed by atoms with E-state index in [9.17, 15) is 13.6 Å². The molecule has 29 heavy (non-hydrogen) atoms. The molecule has 1 aliphatic heterocycles. The average molecular weight is 409 g/mol. The number of para-hydroxylation sites is 1. The zero-order valence-electron chi connectivity index (χ0n) is 16.3. The van der Waals surface area contributed by atoms with Gasteiger partial charge in [0.25, 0.3) is 5.91 Å². The van der Waals surface area contributed by atoms with Crippen LogP contribution in [0.3, 0.4) is 0 Å². The first-order chi connectivity index (χ1) is 13.9. The summed E-state index contributed by atoms with van der Waals surface area (Å²) in [6.45, 7) is 0.970. The molecule has 6 nitrogen and oxygen atoms in total. The molecule has 0 spiro atoms. The van der Waals surface area contributed by atoms with E-state index in [2.05, 4.69) is 35.4 Å². The van der Waals surface area contributed by atoms with Gasteiger partial charge in [-0.15, -0.1) is 0 Å². The Morgan fingerprint density at radius 2 is 1.97 bits per heavy atom. The lowest BCUT2D eigenvalue weighted by Gasteiger charge is -2.09. The third-order valence-corrected chi connectivity index (χ3v) is 5.77. The maximum Gasteiger partial charge on any atom is 0.256 e. The summed E-state index contributed by atoms with van der Waals surface area (Å²) in [7, 11) is 4.10. The number of carbonyl (C=O) groups is 1. The standard InChI is InChI=1S/C22H23N3O3S/c1-25(2)11-5-7-16-15-6-3-4-8-19(15)23-21(16)13-18-17-12-14(29(27)28)9-10-20(17)24-22(18)26/h3-4,6,8-10,12-13,23H,5,7,11H2,1-2H3,(H,24,26)(H,27,28)/p-1. The molecule has 150 valence electrons. The molecule has 0 radical (unpaired) electrons. The average Bonchev–Trinajstić information content (AvgIpc) is 3.19. The first-order valence-corrected chi connectivity index (χ1v) is 10.5. The number of aryl methyl sites for hydroxylation is 1. The first kappa shape index (κ1) is 19.6. The van der Waals surface area contributed by atoms with E-state index >= 15 is 0 Å². The highest BCUT2D eigenvalue weighted by atomic mass is 32.2. The predicted octanol–water partition coefficient (Wildman–Crippen LogP) is 3.39. The highest BCUT2D eigenvalue weighted by Gasteiger charge is 2.25. The zero-order chi connectivity index (χ0) is 20.5. The highest BCUT2D eigenvalue weighted by molar-refractivity contribution is 7.79. The molecule has 2 N–H and O–H groups in total. The lowest BCUT2D eigenvalue weighted by molar-refractivity contribution is -0.110. The Balaban J connectivity index is 1.79. The van der Waals surface area contributed by atoms with Crippen LogP contribution in [0.1, 0.15) is 23.2 Å². The van der Waals surface area contributed by atoms with Gasteiger partial charge in [-0.1, -0.05) is 18.2 Å². The van der Waals surface area contributed by atoms with Crippen molar-refractivity contribution in [2.45, 2.75) is 17.7 Å². The molecule has 1 aromatic heterocycles. The second-order valence-corrected chi connectivity index (χ2v) is 8.36. The Morgan fingerprint density at radius 1 is 1.17 bits per heavy atom. The molecule has 4 rings (SSSR count). The molecule has 2 heterocycles. The fraction of sp³-hybridized carbons (Fsp3) is 0.227. The van der Waals surface area contributed by atoms with Crippen LogP contribution in [0.2, 0.25) is 0 Å². The van der Waals surface area contributed by atoms with Gasteiger partial charge in [0, 0.05) is 32.7 Å². The van der Waals surface area contributed by atoms with Gasteiger partial charge < -0.3 is 19.8 Å². The van der Waals surface area contributed by atoms with Crippen LogP contribution in [0.15, 0.2) is 47.4 Å². The van der Waals surface area contributed by atoms with Crippen molar-refractivity contribution in [2.75, 3.05) is 26.0 Å². The minimum absolute atomic E-state index is 0.161. The molecule has 7 heteroatoms. The van der Waals surface area contributed by atoms with Crippen molar-refractivity contribution in [1.29, 1.82) is 0 Å². The van der Waals surface area contributed by atoms with Crippen LogP contribution < -0.4 is 5.32 Å². The quantitative estimate of drug-likeness (QED) is 0.483. The van der Waals surface area contributed by atoms with E-state index in [0.29, 0.717) is 16.8 Å². The molecule has 0 bridgehead atoms. The molecule has 1 amide bonds. The van der Waals surface area contributed by atoms with Gasteiger partial charge in [0.05, 0.1) is 5.57 Å². The Labute approximate surface area is 171 Å². The zero-order valence-corrected chi connectivity index (χ0v) is 17.1. The number of hydrogen-bond donors (Lipinski definition) is 2. The summed E-state index contributed by atoms with van der Waals surface area (Å²) in [6.07, 6.45) is 3.71. The van der Waals surface area contributed by atoms with Gasteiger partial charge in [0.1, 0.15) is 0 Å². The van der Waals surface area contributed by atoms with E-state index < -0.39 is 11.1 Å². The topological polar surface area (TPSA) is 88.3 Å². The third kappa shape index (κ3) is 3.89. The Bertz CT molecular complexity index is 1150. The van der Waals surface area contributed by atoms with Crippen molar-refractivity contribution >= 4 is 45.2 Å². The molecule has 2 aromatic carbocycles. The number of hydrogen-bond acceptors (Lipinski definition) is 4. The van der Waals surface area contributed by atoms with Crippen molar-refractivity contribution in [3.05, 3.63) is 59.3 Å². The third-order valence-electron chi connectivity index (χ3n) is 5.13. The Kier molecular flexibility index (Phi) is 5.36. The SMILES string of the molecule is CN(C)CCCc1c(C=C2C(=O)Nc3ccc(S(=O)[O-])cc32)[nH]c2ccccc12. The molecular weight excluding hydrogens is 386 g/mol. The number of anilines is 1. The van der Waals surface area contributed by atoms with Gasteiger partial charge in [-0.3, -0.25) is 9.00 Å². The molecule has 0 saturated carbocycles. The number of rotatable bonds is 6. The van der Waals surface area contributed by atoms with Crippen LogP contribution in [0, 0.1) is 0 Å². The lowest BCUT2D eigenvalue weighted by Crippen LogP contribution is -2.13. The number of aromatic nitrogens is 1. The fourth-order valence-electron chi connectivity index (χ4n) is 3.74. The fourth-order valence-corrected chi connectivity index (χ4v) is 4.14. The van der Waals surface area contributed by atoms with Crippen molar-refractivity contribution in [2.24, 2.45) is 0 Å². The monoisotopic (exact) mass is 408 g/mol. The molecule has 0 saturated heterocycles. The van der Waals surface area contributed by atoms with Crippen LogP contribution in [0.5, 0.6) is 0 Å². The largest absolute Gasteiger partial charge is 0.768 e. The smallest absolute Gasteiger partial charge is 0.256 e. The van der Waals surface area contributed by atoms with Gasteiger partial charge in [-0.2, -0.15) is 0 Å². The molecule has 0 fully saturated rings. The highest BCUT2D eigenvalue weighted by Crippen LogP contribution is 2.36. The molecule has 1 atom stereocenters. The van der Waals surface area contributed by atoms with Crippen LogP contribution >= 0.6 is 0 Å². The minimum atomic E-state index is -2.35. The second-order valence-electron chi connectivity index (χ2n) is 7.42. The van der Waals surface area contributed by atoms with E-state index in [-0.39, 0.29) is 10.8 Å².